The van der Waals surface area contributed by atoms with Crippen LogP contribution in [0.1, 0.15) is 24.0 Å². The van der Waals surface area contributed by atoms with Crippen molar-refractivity contribution in [3.63, 3.8) is 0 Å². The van der Waals surface area contributed by atoms with Crippen LogP contribution in [0.2, 0.25) is 5.02 Å². The van der Waals surface area contributed by atoms with Crippen LogP contribution in [0, 0.1) is 18.8 Å². The molecule has 4 heterocycles. The predicted molar refractivity (Wildman–Crippen MR) is 129 cm³/mol. The maximum Gasteiger partial charge on any atom is 0.250 e. The molecule has 1 spiro atoms. The van der Waals surface area contributed by atoms with Gasteiger partial charge in [0, 0.05) is 29.1 Å². The van der Waals surface area contributed by atoms with Crippen molar-refractivity contribution in [3.05, 3.63) is 46.5 Å². The van der Waals surface area contributed by atoms with Crippen molar-refractivity contribution in [2.24, 2.45) is 17.6 Å². The first-order valence-corrected chi connectivity index (χ1v) is 12.1. The summed E-state index contributed by atoms with van der Waals surface area (Å²) in [6.45, 7) is 2.54. The number of nitrogens with zero attached hydrogens (tertiary/aromatic N) is 1. The number of ether oxygens (including phenoxy) is 2. The van der Waals surface area contributed by atoms with E-state index in [2.05, 4.69) is 10.6 Å². The van der Waals surface area contributed by atoms with E-state index in [0.717, 1.165) is 4.90 Å². The largest absolute Gasteiger partial charge is 0.486 e. The topological polar surface area (TPSA) is 140 Å². The number of hydrogen-bond acceptors (Lipinski definition) is 7. The lowest BCUT2D eigenvalue weighted by Gasteiger charge is -2.30. The third-order valence-corrected chi connectivity index (χ3v) is 7.98. The molecular formula is C25H23ClN4O6. The first-order chi connectivity index (χ1) is 17.2. The van der Waals surface area contributed by atoms with E-state index in [9.17, 15) is 19.2 Å². The number of halogens is 1. The fourth-order valence-electron chi connectivity index (χ4n) is 5.96. The molecule has 2 fully saturated rings. The van der Waals surface area contributed by atoms with Gasteiger partial charge in [-0.15, -0.1) is 0 Å². The van der Waals surface area contributed by atoms with E-state index in [0.29, 0.717) is 52.2 Å². The van der Waals surface area contributed by atoms with E-state index < -0.39 is 47.0 Å². The second kappa shape index (κ2) is 7.94. The summed E-state index contributed by atoms with van der Waals surface area (Å²) in [4.78, 5) is 54.1. The molecule has 4 aliphatic heterocycles. The minimum Gasteiger partial charge on any atom is -0.486 e. The van der Waals surface area contributed by atoms with Gasteiger partial charge in [-0.3, -0.25) is 24.5 Å². The van der Waals surface area contributed by atoms with Crippen LogP contribution in [0.15, 0.2) is 30.3 Å². The molecule has 0 bridgehead atoms. The van der Waals surface area contributed by atoms with Crippen LogP contribution >= 0.6 is 11.6 Å². The Kier molecular flexibility index (Phi) is 5.03. The number of amides is 4. The zero-order chi connectivity index (χ0) is 25.4. The standard InChI is InChI=1S/C25H23ClN4O6/c1-11-14(26)4-3-13-21(11)28-24(34)25(13)20-19(15(29-25)5-7-18(27)31)22(32)30(23(20)33)12-2-6-16-17(10-12)36-9-8-35-16/h2-4,6,10,15,19-20,29H,5,7-9H2,1H3,(H2,27,31)(H,28,34)/t15-,19-,20+,25+/m1/s1. The van der Waals surface area contributed by atoms with E-state index >= 15 is 0 Å². The minimum absolute atomic E-state index is 0.00339. The molecule has 0 aromatic heterocycles. The van der Waals surface area contributed by atoms with Gasteiger partial charge in [0.05, 0.1) is 23.2 Å². The lowest BCUT2D eigenvalue weighted by molar-refractivity contribution is -0.130. The van der Waals surface area contributed by atoms with Crippen LogP contribution in [0.4, 0.5) is 11.4 Å². The molecule has 10 nitrogen and oxygen atoms in total. The molecule has 11 heteroatoms. The van der Waals surface area contributed by atoms with E-state index in [1.807, 2.05) is 0 Å². The molecular weight excluding hydrogens is 488 g/mol. The molecule has 0 saturated carbocycles. The Morgan fingerprint density at radius 1 is 1.14 bits per heavy atom. The first-order valence-electron chi connectivity index (χ1n) is 11.7. The summed E-state index contributed by atoms with van der Waals surface area (Å²) in [5, 5.41) is 6.63. The fraction of sp³-hybridized carbons (Fsp3) is 0.360. The number of hydrogen-bond donors (Lipinski definition) is 3. The molecule has 0 unspecified atom stereocenters. The van der Waals surface area contributed by atoms with Gasteiger partial charge in [-0.25, -0.2) is 4.90 Å². The number of anilines is 2. The molecule has 4 atom stereocenters. The quantitative estimate of drug-likeness (QED) is 0.531. The Hall–Kier alpha value is -3.63. The Labute approximate surface area is 211 Å². The SMILES string of the molecule is Cc1c(Cl)ccc2c1NC(=O)[C@]21N[C@H](CCC(N)=O)[C@H]2C(=O)N(c3ccc4c(c3)OCCO4)C(=O)[C@H]21. The zero-order valence-corrected chi connectivity index (χ0v) is 20.1. The lowest BCUT2D eigenvalue weighted by Crippen LogP contribution is -2.53. The Bertz CT molecular complexity index is 1360. The average molecular weight is 511 g/mol. The number of benzene rings is 2. The van der Waals surface area contributed by atoms with E-state index in [1.165, 1.54) is 0 Å². The molecule has 6 rings (SSSR count). The van der Waals surface area contributed by atoms with Crippen molar-refractivity contribution in [3.8, 4) is 11.5 Å². The molecule has 2 saturated heterocycles. The van der Waals surface area contributed by atoms with Crippen LogP contribution in [0.3, 0.4) is 0 Å². The predicted octanol–water partition coefficient (Wildman–Crippen LogP) is 1.61. The molecule has 36 heavy (non-hydrogen) atoms. The van der Waals surface area contributed by atoms with Gasteiger partial charge in [-0.1, -0.05) is 17.7 Å². The number of carbonyl (C=O) groups is 4. The smallest absolute Gasteiger partial charge is 0.250 e. The minimum atomic E-state index is -1.49. The van der Waals surface area contributed by atoms with Gasteiger partial charge in [-0.2, -0.15) is 0 Å². The van der Waals surface area contributed by atoms with E-state index in [4.69, 9.17) is 26.8 Å². The number of nitrogens with one attached hydrogen (secondary N) is 2. The molecule has 186 valence electrons. The number of rotatable bonds is 4. The molecule has 4 amide bonds. The summed E-state index contributed by atoms with van der Waals surface area (Å²) in [7, 11) is 0. The lowest BCUT2D eigenvalue weighted by atomic mass is 9.76. The zero-order valence-electron chi connectivity index (χ0n) is 19.3. The molecule has 4 aliphatic rings. The summed E-state index contributed by atoms with van der Waals surface area (Å²) in [5.74, 6) is -2.88. The number of carbonyl (C=O) groups excluding carboxylic acids is 4. The first kappa shape index (κ1) is 22.8. The Morgan fingerprint density at radius 2 is 1.89 bits per heavy atom. The highest BCUT2D eigenvalue weighted by atomic mass is 35.5. The molecule has 4 N–H and O–H groups in total. The van der Waals surface area contributed by atoms with Crippen LogP contribution < -0.4 is 30.7 Å². The maximum absolute atomic E-state index is 14.0. The molecule has 0 radical (unpaired) electrons. The fourth-order valence-corrected chi connectivity index (χ4v) is 6.12. The summed E-state index contributed by atoms with van der Waals surface area (Å²) in [6, 6.07) is 7.61. The summed E-state index contributed by atoms with van der Waals surface area (Å²) in [5.41, 5.74) is 5.97. The van der Waals surface area contributed by atoms with Crippen molar-refractivity contribution in [1.29, 1.82) is 0 Å². The van der Waals surface area contributed by atoms with Crippen LogP contribution in [-0.2, 0) is 24.7 Å². The van der Waals surface area contributed by atoms with E-state index in [-0.39, 0.29) is 12.8 Å². The highest BCUT2D eigenvalue weighted by Gasteiger charge is 2.70. The van der Waals surface area contributed by atoms with Gasteiger partial charge >= 0.3 is 0 Å². The van der Waals surface area contributed by atoms with Crippen LogP contribution in [0.25, 0.3) is 0 Å². The van der Waals surface area contributed by atoms with Gasteiger partial charge in [0.25, 0.3) is 0 Å². The van der Waals surface area contributed by atoms with Gasteiger partial charge < -0.3 is 20.5 Å². The van der Waals surface area contributed by atoms with Gasteiger partial charge in [0.15, 0.2) is 11.5 Å². The van der Waals surface area contributed by atoms with Crippen molar-refractivity contribution < 1.29 is 28.7 Å². The summed E-state index contributed by atoms with van der Waals surface area (Å²) < 4.78 is 11.2. The number of fused-ring (bicyclic) bond motifs is 5. The van der Waals surface area contributed by atoms with E-state index in [1.54, 1.807) is 37.3 Å². The highest BCUT2D eigenvalue weighted by molar-refractivity contribution is 6.32. The van der Waals surface area contributed by atoms with Gasteiger partial charge in [-0.05, 0) is 37.1 Å². The Balaban J connectivity index is 1.47. The number of imide groups is 1. The molecule has 2 aromatic rings. The molecule has 2 aromatic carbocycles. The van der Waals surface area contributed by atoms with Crippen molar-refractivity contribution in [1.82, 2.24) is 5.32 Å². The highest BCUT2D eigenvalue weighted by Crippen LogP contribution is 2.55. The number of primary amides is 1. The van der Waals surface area contributed by atoms with Crippen LogP contribution in [-0.4, -0.2) is 42.9 Å². The third kappa shape index (κ3) is 3.00. The summed E-state index contributed by atoms with van der Waals surface area (Å²) in [6.07, 6.45) is 0.192. The van der Waals surface area contributed by atoms with Crippen molar-refractivity contribution in [2.45, 2.75) is 31.3 Å². The van der Waals surface area contributed by atoms with Gasteiger partial charge in [0.2, 0.25) is 23.6 Å². The van der Waals surface area contributed by atoms with Gasteiger partial charge in [0.1, 0.15) is 18.8 Å². The van der Waals surface area contributed by atoms with Crippen molar-refractivity contribution in [2.75, 3.05) is 23.4 Å². The van der Waals surface area contributed by atoms with Crippen LogP contribution in [0.5, 0.6) is 11.5 Å². The average Bonchev–Trinajstić information content (AvgIpc) is 3.44. The third-order valence-electron chi connectivity index (χ3n) is 7.57. The maximum atomic E-state index is 14.0. The number of nitrogens with two attached hydrogens (primary N) is 1. The summed E-state index contributed by atoms with van der Waals surface area (Å²) >= 11 is 6.30. The Morgan fingerprint density at radius 3 is 2.64 bits per heavy atom. The van der Waals surface area contributed by atoms with Crippen molar-refractivity contribution >= 4 is 46.6 Å². The second-order valence-electron chi connectivity index (χ2n) is 9.46. The second-order valence-corrected chi connectivity index (χ2v) is 9.86. The normalized spacial score (nSPS) is 27.9. The monoisotopic (exact) mass is 510 g/mol. The molecule has 0 aliphatic carbocycles.